The molecule has 0 atom stereocenters. The van der Waals surface area contributed by atoms with Crippen LogP contribution in [-0.4, -0.2) is 30.1 Å². The van der Waals surface area contributed by atoms with Gasteiger partial charge in [0.1, 0.15) is 0 Å². The van der Waals surface area contributed by atoms with E-state index in [0.29, 0.717) is 6.04 Å². The molecule has 0 unspecified atom stereocenters. The average Bonchev–Trinajstić information content (AvgIpc) is 2.71. The van der Waals surface area contributed by atoms with Crippen molar-refractivity contribution in [3.05, 3.63) is 65.2 Å². The van der Waals surface area contributed by atoms with Gasteiger partial charge in [0.15, 0.2) is 0 Å². The van der Waals surface area contributed by atoms with Crippen molar-refractivity contribution in [2.45, 2.75) is 56.5 Å². The largest absolute Gasteiger partial charge is 0.382 e. The lowest BCUT2D eigenvalue weighted by Crippen LogP contribution is -2.45. The van der Waals surface area contributed by atoms with E-state index >= 15 is 0 Å². The summed E-state index contributed by atoms with van der Waals surface area (Å²) in [5.74, 6) is 0.775. The van der Waals surface area contributed by atoms with Crippen molar-refractivity contribution in [1.82, 2.24) is 4.90 Å². The highest BCUT2D eigenvalue weighted by atomic mass is 35.5. The van der Waals surface area contributed by atoms with Crippen LogP contribution < -0.4 is 5.32 Å². The van der Waals surface area contributed by atoms with Gasteiger partial charge in [0.2, 0.25) is 0 Å². The topological polar surface area (TPSA) is 15.3 Å². The molecule has 2 aromatic carbocycles. The lowest BCUT2D eigenvalue weighted by molar-refractivity contribution is 0.120. The van der Waals surface area contributed by atoms with Crippen LogP contribution in [0.25, 0.3) is 0 Å². The standard InChI is InChI=1S/C23H29ClN2/c24-20-8-10-21(11-9-20)25-22-14-16-26(17-15-22)23-12-6-19(7-13-23)18-4-2-1-3-5-18/h1-5,8-11,19,22-23,25H,6-7,12-17H2. The molecule has 0 aromatic heterocycles. The van der Waals surface area contributed by atoms with Crippen molar-refractivity contribution in [3.63, 3.8) is 0 Å². The Morgan fingerprint density at radius 2 is 1.42 bits per heavy atom. The Kier molecular flexibility index (Phi) is 5.81. The van der Waals surface area contributed by atoms with E-state index in [1.54, 1.807) is 0 Å². The van der Waals surface area contributed by atoms with Crippen LogP contribution in [0.1, 0.15) is 50.0 Å². The van der Waals surface area contributed by atoms with Gasteiger partial charge in [0.25, 0.3) is 0 Å². The van der Waals surface area contributed by atoms with Crippen LogP contribution in [0, 0.1) is 0 Å². The second-order valence-electron chi connectivity index (χ2n) is 7.88. The summed E-state index contributed by atoms with van der Waals surface area (Å²) >= 11 is 5.97. The molecule has 2 nitrogen and oxygen atoms in total. The van der Waals surface area contributed by atoms with Crippen LogP contribution in [0.5, 0.6) is 0 Å². The van der Waals surface area contributed by atoms with Gasteiger partial charge in [-0.05, 0) is 74.3 Å². The Bertz CT molecular complexity index is 669. The number of nitrogens with zero attached hydrogens (tertiary/aromatic N) is 1. The molecule has 1 heterocycles. The molecule has 138 valence electrons. The van der Waals surface area contributed by atoms with Crippen LogP contribution in [0.2, 0.25) is 5.02 Å². The molecule has 1 aliphatic heterocycles. The van der Waals surface area contributed by atoms with Crippen molar-refractivity contribution in [1.29, 1.82) is 0 Å². The smallest absolute Gasteiger partial charge is 0.0407 e. The SMILES string of the molecule is Clc1ccc(NC2CCN(C3CCC(c4ccccc4)CC3)CC2)cc1. The molecule has 0 radical (unpaired) electrons. The van der Waals surface area contributed by atoms with Gasteiger partial charge in [-0.25, -0.2) is 0 Å². The van der Waals surface area contributed by atoms with Gasteiger partial charge in [-0.2, -0.15) is 0 Å². The summed E-state index contributed by atoms with van der Waals surface area (Å²) in [6.45, 7) is 2.46. The monoisotopic (exact) mass is 368 g/mol. The van der Waals surface area contributed by atoms with Gasteiger partial charge in [-0.15, -0.1) is 0 Å². The Balaban J connectivity index is 1.23. The fraction of sp³-hybridized carbons (Fsp3) is 0.478. The van der Waals surface area contributed by atoms with Crippen molar-refractivity contribution in [3.8, 4) is 0 Å². The summed E-state index contributed by atoms with van der Waals surface area (Å²) in [6.07, 6.45) is 7.88. The first-order chi connectivity index (χ1) is 12.8. The molecule has 3 heteroatoms. The van der Waals surface area contributed by atoms with Crippen LogP contribution in [0.15, 0.2) is 54.6 Å². The Morgan fingerprint density at radius 1 is 0.769 bits per heavy atom. The van der Waals surface area contributed by atoms with Crippen LogP contribution in [0.3, 0.4) is 0 Å². The highest BCUT2D eigenvalue weighted by Crippen LogP contribution is 2.35. The molecule has 2 aliphatic rings. The molecule has 26 heavy (non-hydrogen) atoms. The minimum atomic E-state index is 0.591. The highest BCUT2D eigenvalue weighted by Gasteiger charge is 2.29. The lowest BCUT2D eigenvalue weighted by atomic mass is 9.81. The Hall–Kier alpha value is -1.51. The van der Waals surface area contributed by atoms with E-state index in [1.807, 2.05) is 12.1 Å². The molecule has 1 N–H and O–H groups in total. The van der Waals surface area contributed by atoms with Gasteiger partial charge in [-0.1, -0.05) is 41.9 Å². The van der Waals surface area contributed by atoms with Gasteiger partial charge >= 0.3 is 0 Å². The minimum absolute atomic E-state index is 0.591. The first kappa shape index (κ1) is 17.9. The lowest BCUT2D eigenvalue weighted by Gasteiger charge is -2.41. The number of piperidine rings is 1. The quantitative estimate of drug-likeness (QED) is 0.718. The molecular weight excluding hydrogens is 340 g/mol. The second kappa shape index (κ2) is 8.45. The van der Waals surface area contributed by atoms with Crippen LogP contribution in [0.4, 0.5) is 5.69 Å². The second-order valence-corrected chi connectivity index (χ2v) is 8.31. The minimum Gasteiger partial charge on any atom is -0.382 e. The fourth-order valence-corrected chi connectivity index (χ4v) is 4.82. The molecule has 2 fully saturated rings. The number of hydrogen-bond donors (Lipinski definition) is 1. The molecule has 0 bridgehead atoms. The van der Waals surface area contributed by atoms with E-state index in [9.17, 15) is 0 Å². The zero-order valence-corrected chi connectivity index (χ0v) is 16.2. The Morgan fingerprint density at radius 3 is 2.08 bits per heavy atom. The van der Waals surface area contributed by atoms with E-state index in [0.717, 1.165) is 17.0 Å². The molecule has 0 spiro atoms. The van der Waals surface area contributed by atoms with E-state index in [-0.39, 0.29) is 0 Å². The van der Waals surface area contributed by atoms with Crippen LogP contribution in [-0.2, 0) is 0 Å². The molecule has 2 aromatic rings. The normalized spacial score (nSPS) is 25.1. The summed E-state index contributed by atoms with van der Waals surface area (Å²) < 4.78 is 0. The maximum atomic E-state index is 5.97. The summed E-state index contributed by atoms with van der Waals surface area (Å²) in [4.78, 5) is 2.75. The number of halogens is 1. The predicted molar refractivity (Wildman–Crippen MR) is 111 cm³/mol. The van der Waals surface area contributed by atoms with Crippen molar-refractivity contribution in [2.75, 3.05) is 18.4 Å². The number of likely N-dealkylation sites (tertiary alicyclic amines) is 1. The molecule has 1 aliphatic carbocycles. The van der Waals surface area contributed by atoms with E-state index in [2.05, 4.69) is 52.7 Å². The number of hydrogen-bond acceptors (Lipinski definition) is 2. The summed E-state index contributed by atoms with van der Waals surface area (Å²) in [5, 5.41) is 4.48. The Labute approximate surface area is 162 Å². The van der Waals surface area contributed by atoms with Gasteiger partial charge in [-0.3, -0.25) is 0 Å². The third kappa shape index (κ3) is 4.42. The molecule has 1 saturated carbocycles. The van der Waals surface area contributed by atoms with E-state index < -0.39 is 0 Å². The van der Waals surface area contributed by atoms with Gasteiger partial charge in [0.05, 0.1) is 0 Å². The van der Waals surface area contributed by atoms with E-state index in [1.165, 1.54) is 62.9 Å². The van der Waals surface area contributed by atoms with Gasteiger partial charge < -0.3 is 10.2 Å². The molecule has 0 amide bonds. The summed E-state index contributed by atoms with van der Waals surface area (Å²) in [7, 11) is 0. The first-order valence-corrected chi connectivity index (χ1v) is 10.5. The summed E-state index contributed by atoms with van der Waals surface area (Å²) in [6, 6.07) is 20.6. The maximum Gasteiger partial charge on any atom is 0.0407 e. The number of rotatable bonds is 4. The molecule has 1 saturated heterocycles. The van der Waals surface area contributed by atoms with Crippen LogP contribution >= 0.6 is 11.6 Å². The fourth-order valence-electron chi connectivity index (χ4n) is 4.69. The highest BCUT2D eigenvalue weighted by molar-refractivity contribution is 6.30. The molecule has 4 rings (SSSR count). The third-order valence-electron chi connectivity index (χ3n) is 6.23. The number of benzene rings is 2. The van der Waals surface area contributed by atoms with Crippen molar-refractivity contribution in [2.24, 2.45) is 0 Å². The average molecular weight is 369 g/mol. The first-order valence-electron chi connectivity index (χ1n) is 10.1. The zero-order valence-electron chi connectivity index (χ0n) is 15.4. The van der Waals surface area contributed by atoms with Crippen molar-refractivity contribution < 1.29 is 0 Å². The molecular formula is C23H29ClN2. The van der Waals surface area contributed by atoms with Crippen molar-refractivity contribution >= 4 is 17.3 Å². The number of anilines is 1. The zero-order chi connectivity index (χ0) is 17.8. The van der Waals surface area contributed by atoms with Gasteiger partial charge in [0, 0.05) is 35.9 Å². The predicted octanol–water partition coefficient (Wildman–Crippen LogP) is 5.94. The van der Waals surface area contributed by atoms with E-state index in [4.69, 9.17) is 11.6 Å². The maximum absolute atomic E-state index is 5.97. The summed E-state index contributed by atoms with van der Waals surface area (Å²) in [5.41, 5.74) is 2.73. The third-order valence-corrected chi connectivity index (χ3v) is 6.48. The number of nitrogens with one attached hydrogen (secondary N) is 1.